The van der Waals surface area contributed by atoms with Crippen LogP contribution in [0.5, 0.6) is 5.75 Å². The molecule has 0 amide bonds. The predicted octanol–water partition coefficient (Wildman–Crippen LogP) is 6.48. The summed E-state index contributed by atoms with van der Waals surface area (Å²) in [5.41, 5.74) is 3.19. The fourth-order valence-electron chi connectivity index (χ4n) is 4.19. The first-order valence-corrected chi connectivity index (χ1v) is 10.6. The van der Waals surface area contributed by atoms with E-state index in [0.29, 0.717) is 6.42 Å². The van der Waals surface area contributed by atoms with Gasteiger partial charge in [0.1, 0.15) is 5.75 Å². The number of carbonyl (C=O) groups is 1. The van der Waals surface area contributed by atoms with Gasteiger partial charge in [-0.1, -0.05) is 55.8 Å². The SMILES string of the molecule is CC(Cc1ccc(OC2CCCCC2)c(-c2ccc3ccccc3c2)c1)C(=O)O. The van der Waals surface area contributed by atoms with E-state index in [2.05, 4.69) is 42.5 Å². The second-order valence-electron chi connectivity index (χ2n) is 8.21. The van der Waals surface area contributed by atoms with E-state index in [4.69, 9.17) is 4.74 Å². The van der Waals surface area contributed by atoms with E-state index >= 15 is 0 Å². The Labute approximate surface area is 172 Å². The molecule has 3 nitrogen and oxygen atoms in total. The van der Waals surface area contributed by atoms with Crippen molar-refractivity contribution in [1.29, 1.82) is 0 Å². The lowest BCUT2D eigenvalue weighted by molar-refractivity contribution is -0.141. The highest BCUT2D eigenvalue weighted by Gasteiger charge is 2.19. The quantitative estimate of drug-likeness (QED) is 0.525. The topological polar surface area (TPSA) is 46.5 Å². The van der Waals surface area contributed by atoms with Gasteiger partial charge in [0.25, 0.3) is 0 Å². The molecule has 1 N–H and O–H groups in total. The lowest BCUT2D eigenvalue weighted by atomic mass is 9.94. The smallest absolute Gasteiger partial charge is 0.306 e. The van der Waals surface area contributed by atoms with Crippen molar-refractivity contribution in [2.45, 2.75) is 51.6 Å². The van der Waals surface area contributed by atoms with E-state index in [1.165, 1.54) is 30.0 Å². The molecule has 4 rings (SSSR count). The summed E-state index contributed by atoms with van der Waals surface area (Å²) < 4.78 is 6.44. The van der Waals surface area contributed by atoms with Crippen LogP contribution in [-0.4, -0.2) is 17.2 Å². The van der Waals surface area contributed by atoms with Gasteiger partial charge in [0.15, 0.2) is 0 Å². The number of hydrogen-bond donors (Lipinski definition) is 1. The minimum Gasteiger partial charge on any atom is -0.490 e. The highest BCUT2D eigenvalue weighted by atomic mass is 16.5. The molecule has 0 saturated heterocycles. The number of aliphatic carboxylic acids is 1. The Bertz CT molecular complexity index is 1000. The number of hydrogen-bond acceptors (Lipinski definition) is 2. The molecule has 3 heteroatoms. The number of fused-ring (bicyclic) bond motifs is 1. The summed E-state index contributed by atoms with van der Waals surface area (Å²) in [6.45, 7) is 1.75. The Morgan fingerprint density at radius 2 is 1.76 bits per heavy atom. The summed E-state index contributed by atoms with van der Waals surface area (Å²) >= 11 is 0. The summed E-state index contributed by atoms with van der Waals surface area (Å²) in [5.74, 6) is -0.275. The number of benzene rings is 3. The van der Waals surface area contributed by atoms with Crippen LogP contribution in [0.4, 0.5) is 0 Å². The molecule has 1 saturated carbocycles. The summed E-state index contributed by atoms with van der Waals surface area (Å²) in [6.07, 6.45) is 6.74. The van der Waals surface area contributed by atoms with Gasteiger partial charge >= 0.3 is 5.97 Å². The normalized spacial score (nSPS) is 15.9. The Hall–Kier alpha value is -2.81. The fourth-order valence-corrected chi connectivity index (χ4v) is 4.19. The molecular formula is C26H28O3. The first-order chi connectivity index (χ1) is 14.1. The van der Waals surface area contributed by atoms with E-state index in [1.54, 1.807) is 6.92 Å². The zero-order valence-electron chi connectivity index (χ0n) is 16.9. The van der Waals surface area contributed by atoms with Gasteiger partial charge < -0.3 is 9.84 Å². The molecule has 0 spiro atoms. The van der Waals surface area contributed by atoms with Crippen molar-refractivity contribution in [1.82, 2.24) is 0 Å². The molecule has 0 radical (unpaired) electrons. The Morgan fingerprint density at radius 3 is 2.52 bits per heavy atom. The molecule has 1 fully saturated rings. The molecule has 0 heterocycles. The van der Waals surface area contributed by atoms with Gasteiger partial charge in [-0.3, -0.25) is 4.79 Å². The molecule has 0 aromatic heterocycles. The van der Waals surface area contributed by atoms with Crippen molar-refractivity contribution in [3.63, 3.8) is 0 Å². The van der Waals surface area contributed by atoms with E-state index in [-0.39, 0.29) is 6.10 Å². The molecule has 1 unspecified atom stereocenters. The standard InChI is InChI=1S/C26H28O3/c1-18(26(27)28)15-19-11-14-25(29-23-9-3-2-4-10-23)24(16-19)22-13-12-20-7-5-6-8-21(20)17-22/h5-8,11-14,16-18,23H,2-4,9-10,15H2,1H3,(H,27,28). The maximum absolute atomic E-state index is 11.3. The Balaban J connectivity index is 1.72. The first kappa shape index (κ1) is 19.5. The average molecular weight is 389 g/mol. The van der Waals surface area contributed by atoms with Crippen LogP contribution >= 0.6 is 0 Å². The van der Waals surface area contributed by atoms with Crippen molar-refractivity contribution >= 4 is 16.7 Å². The van der Waals surface area contributed by atoms with Gasteiger partial charge in [-0.2, -0.15) is 0 Å². The van der Waals surface area contributed by atoms with Crippen LogP contribution in [0.2, 0.25) is 0 Å². The molecule has 150 valence electrons. The lowest BCUT2D eigenvalue weighted by Gasteiger charge is -2.25. The van der Waals surface area contributed by atoms with Crippen molar-refractivity contribution in [2.24, 2.45) is 5.92 Å². The van der Waals surface area contributed by atoms with Crippen molar-refractivity contribution < 1.29 is 14.6 Å². The molecule has 1 aliphatic rings. The van der Waals surface area contributed by atoms with Crippen molar-refractivity contribution in [3.8, 4) is 16.9 Å². The average Bonchev–Trinajstić information content (AvgIpc) is 2.75. The molecule has 1 atom stereocenters. The Morgan fingerprint density at radius 1 is 1.00 bits per heavy atom. The highest BCUT2D eigenvalue weighted by Crippen LogP contribution is 2.35. The molecular weight excluding hydrogens is 360 g/mol. The zero-order valence-corrected chi connectivity index (χ0v) is 16.9. The van der Waals surface area contributed by atoms with Gasteiger partial charge in [0, 0.05) is 5.56 Å². The van der Waals surface area contributed by atoms with Crippen LogP contribution < -0.4 is 4.74 Å². The lowest BCUT2D eigenvalue weighted by Crippen LogP contribution is -2.20. The molecule has 1 aliphatic carbocycles. The largest absolute Gasteiger partial charge is 0.490 e. The third kappa shape index (κ3) is 4.61. The van der Waals surface area contributed by atoms with Crippen LogP contribution in [0.3, 0.4) is 0 Å². The first-order valence-electron chi connectivity index (χ1n) is 10.6. The molecule has 3 aromatic carbocycles. The van der Waals surface area contributed by atoms with E-state index in [1.807, 2.05) is 18.2 Å². The van der Waals surface area contributed by atoms with Gasteiger partial charge in [-0.15, -0.1) is 0 Å². The third-order valence-corrected chi connectivity index (χ3v) is 5.91. The van der Waals surface area contributed by atoms with Gasteiger partial charge in [-0.05, 0) is 72.2 Å². The summed E-state index contributed by atoms with van der Waals surface area (Å²) in [6, 6.07) is 21.0. The predicted molar refractivity (Wildman–Crippen MR) is 117 cm³/mol. The van der Waals surface area contributed by atoms with Gasteiger partial charge in [-0.25, -0.2) is 0 Å². The number of ether oxygens (including phenoxy) is 1. The van der Waals surface area contributed by atoms with Crippen molar-refractivity contribution in [3.05, 3.63) is 66.2 Å². The summed E-state index contributed by atoms with van der Waals surface area (Å²) in [5, 5.41) is 11.7. The van der Waals surface area contributed by atoms with E-state index in [0.717, 1.165) is 35.3 Å². The van der Waals surface area contributed by atoms with Crippen LogP contribution in [0.1, 0.15) is 44.6 Å². The summed E-state index contributed by atoms with van der Waals surface area (Å²) in [4.78, 5) is 11.3. The second kappa shape index (κ2) is 8.69. The van der Waals surface area contributed by atoms with E-state index < -0.39 is 11.9 Å². The maximum atomic E-state index is 11.3. The second-order valence-corrected chi connectivity index (χ2v) is 8.21. The third-order valence-electron chi connectivity index (χ3n) is 5.91. The molecule has 0 aliphatic heterocycles. The maximum Gasteiger partial charge on any atom is 0.306 e. The minimum absolute atomic E-state index is 0.270. The molecule has 0 bridgehead atoms. The van der Waals surface area contributed by atoms with Crippen LogP contribution in [-0.2, 0) is 11.2 Å². The van der Waals surface area contributed by atoms with Crippen molar-refractivity contribution in [2.75, 3.05) is 0 Å². The summed E-state index contributed by atoms with van der Waals surface area (Å²) in [7, 11) is 0. The fraction of sp³-hybridized carbons (Fsp3) is 0.346. The highest BCUT2D eigenvalue weighted by molar-refractivity contribution is 5.88. The monoisotopic (exact) mass is 388 g/mol. The molecule has 29 heavy (non-hydrogen) atoms. The number of carboxylic acids is 1. The van der Waals surface area contributed by atoms with Crippen LogP contribution in [0, 0.1) is 5.92 Å². The van der Waals surface area contributed by atoms with Crippen LogP contribution in [0.25, 0.3) is 21.9 Å². The molecule has 3 aromatic rings. The minimum atomic E-state index is -0.764. The Kier molecular flexibility index (Phi) is 5.84. The zero-order chi connectivity index (χ0) is 20.2. The van der Waals surface area contributed by atoms with Crippen LogP contribution in [0.15, 0.2) is 60.7 Å². The van der Waals surface area contributed by atoms with Gasteiger partial charge in [0.2, 0.25) is 0 Å². The van der Waals surface area contributed by atoms with Gasteiger partial charge in [0.05, 0.1) is 12.0 Å². The van der Waals surface area contributed by atoms with E-state index in [9.17, 15) is 9.90 Å². The number of rotatable bonds is 6. The number of carboxylic acid groups (broad SMARTS) is 1.